The second-order valence-electron chi connectivity index (χ2n) is 4.73. The molecule has 1 fully saturated rings. The van der Waals surface area contributed by atoms with E-state index in [9.17, 15) is 0 Å². The molecule has 1 N–H and O–H groups in total. The molecule has 1 heterocycles. The second kappa shape index (κ2) is 6.23. The summed E-state index contributed by atoms with van der Waals surface area (Å²) in [6.07, 6.45) is 5.71. The van der Waals surface area contributed by atoms with Crippen LogP contribution in [0.3, 0.4) is 0 Å². The van der Waals surface area contributed by atoms with E-state index in [0.717, 1.165) is 31.4 Å². The number of aromatic nitrogens is 2. The van der Waals surface area contributed by atoms with Crippen LogP contribution in [-0.4, -0.2) is 29.6 Å². The fourth-order valence-electron chi connectivity index (χ4n) is 2.18. The molecule has 1 aliphatic rings. The number of nitrogens with zero attached hydrogens (tertiary/aromatic N) is 3. The minimum absolute atomic E-state index is 0.637. The second-order valence-corrected chi connectivity index (χ2v) is 5.14. The average molecular weight is 269 g/mol. The van der Waals surface area contributed by atoms with Crippen molar-refractivity contribution in [1.82, 2.24) is 9.97 Å². The molecule has 0 spiro atoms. The molecular formula is C13H21ClN4. The Labute approximate surface area is 114 Å². The molecular weight excluding hydrogens is 248 g/mol. The third-order valence-electron chi connectivity index (χ3n) is 3.45. The highest BCUT2D eigenvalue weighted by atomic mass is 35.5. The molecule has 0 aromatic carbocycles. The molecule has 18 heavy (non-hydrogen) atoms. The van der Waals surface area contributed by atoms with Gasteiger partial charge in [0.05, 0.1) is 6.20 Å². The summed E-state index contributed by atoms with van der Waals surface area (Å²) in [5.41, 5.74) is 0. The predicted molar refractivity (Wildman–Crippen MR) is 76.4 cm³/mol. The van der Waals surface area contributed by atoms with Crippen molar-refractivity contribution < 1.29 is 0 Å². The van der Waals surface area contributed by atoms with Gasteiger partial charge in [-0.3, -0.25) is 0 Å². The summed E-state index contributed by atoms with van der Waals surface area (Å²) in [6, 6.07) is 0. The van der Waals surface area contributed by atoms with Crippen molar-refractivity contribution in [2.45, 2.75) is 33.1 Å². The first-order chi connectivity index (χ1) is 8.74. The monoisotopic (exact) mass is 268 g/mol. The van der Waals surface area contributed by atoms with Gasteiger partial charge in [0.2, 0.25) is 5.95 Å². The van der Waals surface area contributed by atoms with Gasteiger partial charge in [0, 0.05) is 19.6 Å². The van der Waals surface area contributed by atoms with Crippen LogP contribution in [0.25, 0.3) is 0 Å². The van der Waals surface area contributed by atoms with E-state index in [1.54, 1.807) is 6.20 Å². The number of nitrogens with one attached hydrogen (secondary N) is 1. The molecule has 100 valence electrons. The molecule has 0 atom stereocenters. The number of hydrogen-bond donors (Lipinski definition) is 1. The van der Waals surface area contributed by atoms with E-state index in [1.165, 1.54) is 19.3 Å². The van der Waals surface area contributed by atoms with Crippen LogP contribution in [-0.2, 0) is 0 Å². The van der Waals surface area contributed by atoms with Crippen molar-refractivity contribution in [3.63, 3.8) is 0 Å². The Kier molecular flexibility index (Phi) is 4.64. The van der Waals surface area contributed by atoms with E-state index < -0.39 is 0 Å². The minimum atomic E-state index is 0.637. The van der Waals surface area contributed by atoms with Crippen LogP contribution < -0.4 is 10.2 Å². The van der Waals surface area contributed by atoms with Gasteiger partial charge in [-0.25, -0.2) is 4.98 Å². The maximum Gasteiger partial charge on any atom is 0.224 e. The third-order valence-corrected chi connectivity index (χ3v) is 3.71. The zero-order valence-electron chi connectivity index (χ0n) is 11.1. The topological polar surface area (TPSA) is 41.1 Å². The number of anilines is 2. The fraction of sp³-hybridized carbons (Fsp3) is 0.692. The molecule has 0 bridgehead atoms. The summed E-state index contributed by atoms with van der Waals surface area (Å²) in [5.74, 6) is 2.32. The smallest absolute Gasteiger partial charge is 0.224 e. The van der Waals surface area contributed by atoms with Crippen LogP contribution in [0.5, 0.6) is 0 Å². The van der Waals surface area contributed by atoms with E-state index in [-0.39, 0.29) is 0 Å². The minimum Gasteiger partial charge on any atom is -0.355 e. The quantitative estimate of drug-likeness (QED) is 0.860. The maximum atomic E-state index is 6.22. The van der Waals surface area contributed by atoms with Gasteiger partial charge < -0.3 is 10.2 Å². The molecule has 0 unspecified atom stereocenters. The largest absolute Gasteiger partial charge is 0.355 e. The molecule has 1 aliphatic carbocycles. The van der Waals surface area contributed by atoms with Crippen molar-refractivity contribution in [3.05, 3.63) is 11.2 Å². The van der Waals surface area contributed by atoms with E-state index in [4.69, 9.17) is 11.6 Å². The third kappa shape index (κ3) is 3.05. The highest BCUT2D eigenvalue weighted by Gasteiger charge is 2.22. The standard InChI is InChI=1S/C13H21ClN4/c1-3-15-13-16-8-11(14)12(17-13)18(4-2)9-10-6-5-7-10/h8,10H,3-7,9H2,1-2H3,(H,15,16,17). The van der Waals surface area contributed by atoms with Crippen LogP contribution in [0, 0.1) is 5.92 Å². The van der Waals surface area contributed by atoms with Crippen molar-refractivity contribution >= 4 is 23.4 Å². The Morgan fingerprint density at radius 1 is 1.44 bits per heavy atom. The van der Waals surface area contributed by atoms with Gasteiger partial charge in [0.25, 0.3) is 0 Å². The first-order valence-corrected chi connectivity index (χ1v) is 7.13. The SMILES string of the molecule is CCNc1ncc(Cl)c(N(CC)CC2CCC2)n1. The predicted octanol–water partition coefficient (Wildman–Crippen LogP) is 3.19. The normalized spacial score (nSPS) is 15.3. The molecule has 5 heteroatoms. The Hall–Kier alpha value is -1.03. The van der Waals surface area contributed by atoms with Crippen molar-refractivity contribution in [2.75, 3.05) is 29.9 Å². The molecule has 1 aromatic heterocycles. The van der Waals surface area contributed by atoms with Crippen LogP contribution in [0.1, 0.15) is 33.1 Å². The van der Waals surface area contributed by atoms with Crippen LogP contribution in [0.2, 0.25) is 5.02 Å². The van der Waals surface area contributed by atoms with Gasteiger partial charge >= 0.3 is 0 Å². The van der Waals surface area contributed by atoms with Crippen molar-refractivity contribution in [2.24, 2.45) is 5.92 Å². The molecule has 0 saturated heterocycles. The van der Waals surface area contributed by atoms with E-state index in [1.807, 2.05) is 6.92 Å². The molecule has 2 rings (SSSR count). The molecule has 0 radical (unpaired) electrons. The lowest BCUT2D eigenvalue weighted by molar-refractivity contribution is 0.318. The van der Waals surface area contributed by atoms with Crippen LogP contribution >= 0.6 is 11.6 Å². The van der Waals surface area contributed by atoms with E-state index in [0.29, 0.717) is 11.0 Å². The summed E-state index contributed by atoms with van der Waals surface area (Å²) in [5, 5.41) is 3.76. The fourth-order valence-corrected chi connectivity index (χ4v) is 2.39. The number of rotatable bonds is 6. The summed E-state index contributed by atoms with van der Waals surface area (Å²) >= 11 is 6.22. The molecule has 1 aromatic rings. The van der Waals surface area contributed by atoms with Gasteiger partial charge in [-0.2, -0.15) is 4.98 Å². The summed E-state index contributed by atoms with van der Waals surface area (Å²) in [6.45, 7) is 6.97. The Morgan fingerprint density at radius 2 is 2.22 bits per heavy atom. The van der Waals surface area contributed by atoms with Gasteiger partial charge in [-0.05, 0) is 32.6 Å². The first-order valence-electron chi connectivity index (χ1n) is 6.76. The highest BCUT2D eigenvalue weighted by molar-refractivity contribution is 6.32. The maximum absolute atomic E-state index is 6.22. The first kappa shape index (κ1) is 13.4. The van der Waals surface area contributed by atoms with Crippen LogP contribution in [0.4, 0.5) is 11.8 Å². The lowest BCUT2D eigenvalue weighted by atomic mass is 9.85. The van der Waals surface area contributed by atoms with Gasteiger partial charge in [0.1, 0.15) is 5.02 Å². The highest BCUT2D eigenvalue weighted by Crippen LogP contribution is 2.30. The zero-order valence-corrected chi connectivity index (χ0v) is 11.9. The van der Waals surface area contributed by atoms with E-state index in [2.05, 4.69) is 27.1 Å². The lowest BCUT2D eigenvalue weighted by Crippen LogP contribution is -2.33. The summed E-state index contributed by atoms with van der Waals surface area (Å²) in [7, 11) is 0. The molecule has 0 aliphatic heterocycles. The lowest BCUT2D eigenvalue weighted by Gasteiger charge is -2.32. The summed E-state index contributed by atoms with van der Waals surface area (Å²) in [4.78, 5) is 11.0. The van der Waals surface area contributed by atoms with Gasteiger partial charge in [-0.15, -0.1) is 0 Å². The van der Waals surface area contributed by atoms with Gasteiger partial charge in [-0.1, -0.05) is 18.0 Å². The molecule has 0 amide bonds. The number of halogens is 1. The Bertz CT molecular complexity index is 393. The average Bonchev–Trinajstić information content (AvgIpc) is 2.32. The van der Waals surface area contributed by atoms with Crippen molar-refractivity contribution in [1.29, 1.82) is 0 Å². The number of hydrogen-bond acceptors (Lipinski definition) is 4. The molecule has 4 nitrogen and oxygen atoms in total. The zero-order chi connectivity index (χ0) is 13.0. The Balaban J connectivity index is 2.13. The van der Waals surface area contributed by atoms with Crippen molar-refractivity contribution in [3.8, 4) is 0 Å². The van der Waals surface area contributed by atoms with Crippen LogP contribution in [0.15, 0.2) is 6.20 Å². The Morgan fingerprint density at radius 3 is 2.78 bits per heavy atom. The summed E-state index contributed by atoms with van der Waals surface area (Å²) < 4.78 is 0. The van der Waals surface area contributed by atoms with Gasteiger partial charge in [0.15, 0.2) is 5.82 Å². The van der Waals surface area contributed by atoms with E-state index >= 15 is 0 Å². The molecule has 1 saturated carbocycles.